The Kier molecular flexibility index (Phi) is 4.73. The summed E-state index contributed by atoms with van der Waals surface area (Å²) >= 11 is 0. The monoisotopic (exact) mass is 301 g/mol. The van der Waals surface area contributed by atoms with Crippen molar-refractivity contribution >= 4 is 11.8 Å². The Hall–Kier alpha value is -1.88. The molecule has 2 aliphatic rings. The lowest BCUT2D eigenvalue weighted by Crippen LogP contribution is -2.47. The standard InChI is InChI=1S/C17H23N3O2/c21-16(12-18-17(22)13-4-2-1-3-5-13)19-14-8-10-20(11-9-14)15-6-7-15/h1-5,14-15H,6-12H2,(H,18,22)(H,19,21). The lowest BCUT2D eigenvalue weighted by Gasteiger charge is -2.32. The van der Waals surface area contributed by atoms with Gasteiger partial charge in [-0.05, 0) is 37.8 Å². The first kappa shape index (κ1) is 15.0. The van der Waals surface area contributed by atoms with Crippen molar-refractivity contribution in [2.24, 2.45) is 0 Å². The van der Waals surface area contributed by atoms with E-state index < -0.39 is 0 Å². The summed E-state index contributed by atoms with van der Waals surface area (Å²) in [5, 5.41) is 5.69. The van der Waals surface area contributed by atoms with Crippen LogP contribution in [0.15, 0.2) is 30.3 Å². The predicted molar refractivity (Wildman–Crippen MR) is 84.5 cm³/mol. The third-order valence-electron chi connectivity index (χ3n) is 4.40. The van der Waals surface area contributed by atoms with Crippen LogP contribution in [-0.4, -0.2) is 48.4 Å². The lowest BCUT2D eigenvalue weighted by atomic mass is 10.0. The maximum Gasteiger partial charge on any atom is 0.251 e. The number of carbonyl (C=O) groups is 2. The van der Waals surface area contributed by atoms with Gasteiger partial charge in [-0.1, -0.05) is 18.2 Å². The van der Waals surface area contributed by atoms with Gasteiger partial charge in [-0.2, -0.15) is 0 Å². The number of nitrogens with one attached hydrogen (secondary N) is 2. The third kappa shape index (κ3) is 4.07. The summed E-state index contributed by atoms with van der Waals surface area (Å²) in [6.45, 7) is 2.19. The summed E-state index contributed by atoms with van der Waals surface area (Å²) in [5.74, 6) is -0.312. The summed E-state index contributed by atoms with van der Waals surface area (Å²) in [4.78, 5) is 26.3. The normalized spacial score (nSPS) is 19.6. The summed E-state index contributed by atoms with van der Waals surface area (Å²) in [7, 11) is 0. The zero-order valence-electron chi connectivity index (χ0n) is 12.8. The van der Waals surface area contributed by atoms with Crippen LogP contribution < -0.4 is 10.6 Å². The maximum atomic E-state index is 11.9. The molecule has 0 aromatic heterocycles. The van der Waals surface area contributed by atoms with E-state index in [0.29, 0.717) is 5.56 Å². The zero-order valence-corrected chi connectivity index (χ0v) is 12.8. The van der Waals surface area contributed by atoms with E-state index in [4.69, 9.17) is 0 Å². The van der Waals surface area contributed by atoms with E-state index in [2.05, 4.69) is 15.5 Å². The van der Waals surface area contributed by atoms with Crippen LogP contribution in [0.4, 0.5) is 0 Å². The number of carbonyl (C=O) groups excluding carboxylic acids is 2. The van der Waals surface area contributed by atoms with Gasteiger partial charge in [0.2, 0.25) is 5.91 Å². The van der Waals surface area contributed by atoms with E-state index in [0.717, 1.165) is 32.0 Å². The van der Waals surface area contributed by atoms with Crippen molar-refractivity contribution < 1.29 is 9.59 Å². The minimum absolute atomic E-state index is 0.0383. The van der Waals surface area contributed by atoms with Gasteiger partial charge in [0.15, 0.2) is 0 Å². The number of piperidine rings is 1. The number of rotatable bonds is 5. The first-order chi connectivity index (χ1) is 10.7. The van der Waals surface area contributed by atoms with Crippen LogP contribution in [0.1, 0.15) is 36.0 Å². The van der Waals surface area contributed by atoms with Crippen LogP contribution >= 0.6 is 0 Å². The van der Waals surface area contributed by atoms with E-state index in [9.17, 15) is 9.59 Å². The fourth-order valence-electron chi connectivity index (χ4n) is 2.98. The number of likely N-dealkylation sites (tertiary alicyclic amines) is 1. The number of hydrogen-bond acceptors (Lipinski definition) is 3. The van der Waals surface area contributed by atoms with Crippen LogP contribution in [0.3, 0.4) is 0 Å². The molecule has 2 amide bonds. The molecule has 1 saturated carbocycles. The second kappa shape index (κ2) is 6.92. The molecular weight excluding hydrogens is 278 g/mol. The minimum atomic E-state index is -0.209. The van der Waals surface area contributed by atoms with Gasteiger partial charge < -0.3 is 15.5 Å². The van der Waals surface area contributed by atoms with Gasteiger partial charge >= 0.3 is 0 Å². The molecule has 0 bridgehead atoms. The van der Waals surface area contributed by atoms with Gasteiger partial charge in [0, 0.05) is 30.7 Å². The average molecular weight is 301 g/mol. The molecule has 0 atom stereocenters. The van der Waals surface area contributed by atoms with Crippen LogP contribution in [0.2, 0.25) is 0 Å². The Morgan fingerprint density at radius 2 is 1.73 bits per heavy atom. The molecule has 1 aromatic carbocycles. The van der Waals surface area contributed by atoms with Gasteiger partial charge in [-0.25, -0.2) is 0 Å². The first-order valence-corrected chi connectivity index (χ1v) is 8.09. The van der Waals surface area contributed by atoms with Crippen molar-refractivity contribution in [3.8, 4) is 0 Å². The third-order valence-corrected chi connectivity index (χ3v) is 4.40. The fraction of sp³-hybridized carbons (Fsp3) is 0.529. The van der Waals surface area contributed by atoms with E-state index in [1.807, 2.05) is 18.2 Å². The van der Waals surface area contributed by atoms with Gasteiger partial charge in [0.05, 0.1) is 6.54 Å². The smallest absolute Gasteiger partial charge is 0.251 e. The molecule has 118 valence electrons. The van der Waals surface area contributed by atoms with Crippen molar-refractivity contribution in [1.82, 2.24) is 15.5 Å². The van der Waals surface area contributed by atoms with Gasteiger partial charge in [0.25, 0.3) is 5.91 Å². The summed E-state index contributed by atoms with van der Waals surface area (Å²) in [5.41, 5.74) is 0.577. The molecule has 0 unspecified atom stereocenters. The van der Waals surface area contributed by atoms with Crippen molar-refractivity contribution in [1.29, 1.82) is 0 Å². The van der Waals surface area contributed by atoms with Crippen molar-refractivity contribution in [2.75, 3.05) is 19.6 Å². The van der Waals surface area contributed by atoms with Crippen LogP contribution in [0, 0.1) is 0 Å². The highest BCUT2D eigenvalue weighted by atomic mass is 16.2. The van der Waals surface area contributed by atoms with E-state index in [1.165, 1.54) is 12.8 Å². The molecular formula is C17H23N3O2. The molecule has 1 aliphatic carbocycles. The SMILES string of the molecule is O=C(CNC(=O)c1ccccc1)NC1CCN(C2CC2)CC1. The Bertz CT molecular complexity index is 520. The molecule has 1 saturated heterocycles. The van der Waals surface area contributed by atoms with Crippen molar-refractivity contribution in [3.05, 3.63) is 35.9 Å². The molecule has 1 aromatic rings. The predicted octanol–water partition coefficient (Wildman–Crippen LogP) is 1.16. The molecule has 2 fully saturated rings. The minimum Gasteiger partial charge on any atom is -0.352 e. The molecule has 0 spiro atoms. The Morgan fingerprint density at radius 1 is 1.05 bits per heavy atom. The Labute approximate surface area is 131 Å². The van der Waals surface area contributed by atoms with Crippen molar-refractivity contribution in [2.45, 2.75) is 37.8 Å². The Balaban J connectivity index is 1.37. The van der Waals surface area contributed by atoms with Gasteiger partial charge in [0.1, 0.15) is 0 Å². The highest BCUT2D eigenvalue weighted by Crippen LogP contribution is 2.29. The lowest BCUT2D eigenvalue weighted by molar-refractivity contribution is -0.121. The molecule has 0 radical (unpaired) electrons. The summed E-state index contributed by atoms with van der Waals surface area (Å²) in [6, 6.07) is 10.0. The highest BCUT2D eigenvalue weighted by Gasteiger charge is 2.32. The van der Waals surface area contributed by atoms with Crippen LogP contribution in [-0.2, 0) is 4.79 Å². The Morgan fingerprint density at radius 3 is 2.36 bits per heavy atom. The maximum absolute atomic E-state index is 11.9. The second-order valence-corrected chi connectivity index (χ2v) is 6.16. The number of hydrogen-bond donors (Lipinski definition) is 2. The molecule has 1 aliphatic heterocycles. The summed E-state index contributed by atoms with van der Waals surface area (Å²) < 4.78 is 0. The fourth-order valence-corrected chi connectivity index (χ4v) is 2.98. The number of amides is 2. The quantitative estimate of drug-likeness (QED) is 0.858. The van der Waals surface area contributed by atoms with Crippen molar-refractivity contribution in [3.63, 3.8) is 0 Å². The summed E-state index contributed by atoms with van der Waals surface area (Å²) in [6.07, 6.45) is 4.69. The molecule has 22 heavy (non-hydrogen) atoms. The van der Waals surface area contributed by atoms with Crippen LogP contribution in [0.25, 0.3) is 0 Å². The topological polar surface area (TPSA) is 61.4 Å². The molecule has 1 heterocycles. The number of nitrogens with zero attached hydrogens (tertiary/aromatic N) is 1. The van der Waals surface area contributed by atoms with E-state index in [-0.39, 0.29) is 24.4 Å². The first-order valence-electron chi connectivity index (χ1n) is 8.09. The molecule has 3 rings (SSSR count). The second-order valence-electron chi connectivity index (χ2n) is 6.16. The molecule has 2 N–H and O–H groups in total. The largest absolute Gasteiger partial charge is 0.352 e. The highest BCUT2D eigenvalue weighted by molar-refractivity contribution is 5.96. The van der Waals surface area contributed by atoms with E-state index in [1.54, 1.807) is 12.1 Å². The zero-order chi connectivity index (χ0) is 15.4. The average Bonchev–Trinajstić information content (AvgIpc) is 3.39. The van der Waals surface area contributed by atoms with Gasteiger partial charge in [-0.3, -0.25) is 9.59 Å². The van der Waals surface area contributed by atoms with E-state index >= 15 is 0 Å². The van der Waals surface area contributed by atoms with Gasteiger partial charge in [-0.15, -0.1) is 0 Å². The van der Waals surface area contributed by atoms with Crippen LogP contribution in [0.5, 0.6) is 0 Å². The molecule has 5 nitrogen and oxygen atoms in total. The number of benzene rings is 1. The molecule has 5 heteroatoms.